The largest absolute Gasteiger partial charge is 0.405 e. The molecule has 0 radical (unpaired) electrons. The fourth-order valence-corrected chi connectivity index (χ4v) is 2.12. The Balaban J connectivity index is 3.09. The molecule has 0 aliphatic rings. The predicted molar refractivity (Wildman–Crippen MR) is 76.9 cm³/mol. The van der Waals surface area contributed by atoms with Crippen molar-refractivity contribution < 1.29 is 17.6 Å². The first-order valence-corrected chi connectivity index (χ1v) is 7.07. The van der Waals surface area contributed by atoms with Gasteiger partial charge in [0.25, 0.3) is 0 Å². The van der Waals surface area contributed by atoms with E-state index in [1.54, 1.807) is 13.8 Å². The highest BCUT2D eigenvalue weighted by Gasteiger charge is 2.33. The lowest BCUT2D eigenvalue weighted by atomic mass is 10.1. The molecular formula is C15H22F4N2. The van der Waals surface area contributed by atoms with E-state index in [1.165, 1.54) is 23.1 Å². The number of hydrogen-bond acceptors (Lipinski definition) is 2. The molecule has 120 valence electrons. The maximum absolute atomic E-state index is 14.0. The van der Waals surface area contributed by atoms with Crippen molar-refractivity contribution >= 4 is 5.69 Å². The molecular weight excluding hydrogens is 284 g/mol. The van der Waals surface area contributed by atoms with E-state index in [0.717, 1.165) is 6.42 Å². The van der Waals surface area contributed by atoms with Crippen molar-refractivity contribution in [3.8, 4) is 0 Å². The zero-order valence-corrected chi connectivity index (χ0v) is 12.6. The van der Waals surface area contributed by atoms with E-state index in [4.69, 9.17) is 0 Å². The SMILES string of the molecule is CCCNCc1c(F)cccc1N(CC(F)(F)F)C(C)C. The zero-order chi connectivity index (χ0) is 16.0. The number of anilines is 1. The Morgan fingerprint density at radius 2 is 1.90 bits per heavy atom. The van der Waals surface area contributed by atoms with E-state index in [0.29, 0.717) is 12.2 Å². The van der Waals surface area contributed by atoms with Crippen LogP contribution in [0.3, 0.4) is 0 Å². The van der Waals surface area contributed by atoms with Crippen LogP contribution in [0.15, 0.2) is 18.2 Å². The molecule has 0 saturated heterocycles. The number of nitrogens with zero attached hydrogens (tertiary/aromatic N) is 1. The zero-order valence-electron chi connectivity index (χ0n) is 12.6. The lowest BCUT2D eigenvalue weighted by Crippen LogP contribution is -2.40. The Kier molecular flexibility index (Phi) is 6.45. The molecule has 21 heavy (non-hydrogen) atoms. The lowest BCUT2D eigenvalue weighted by molar-refractivity contribution is -0.120. The highest BCUT2D eigenvalue weighted by Crippen LogP contribution is 2.28. The van der Waals surface area contributed by atoms with Gasteiger partial charge in [0.15, 0.2) is 0 Å². The van der Waals surface area contributed by atoms with Crippen molar-refractivity contribution in [1.82, 2.24) is 5.32 Å². The summed E-state index contributed by atoms with van der Waals surface area (Å²) in [4.78, 5) is 1.19. The van der Waals surface area contributed by atoms with Crippen LogP contribution in [0, 0.1) is 5.82 Å². The molecule has 6 heteroatoms. The second-order valence-corrected chi connectivity index (χ2v) is 5.25. The molecule has 1 rings (SSSR count). The Morgan fingerprint density at radius 3 is 2.43 bits per heavy atom. The maximum Gasteiger partial charge on any atom is 0.405 e. The molecule has 2 nitrogen and oxygen atoms in total. The van der Waals surface area contributed by atoms with Crippen molar-refractivity contribution in [1.29, 1.82) is 0 Å². The van der Waals surface area contributed by atoms with Gasteiger partial charge in [0.1, 0.15) is 12.4 Å². The van der Waals surface area contributed by atoms with Gasteiger partial charge < -0.3 is 10.2 Å². The highest BCUT2D eigenvalue weighted by atomic mass is 19.4. The van der Waals surface area contributed by atoms with Crippen LogP contribution in [0.25, 0.3) is 0 Å². The van der Waals surface area contributed by atoms with E-state index in [1.807, 2.05) is 6.92 Å². The van der Waals surface area contributed by atoms with Crippen LogP contribution in [0.5, 0.6) is 0 Å². The van der Waals surface area contributed by atoms with E-state index in [2.05, 4.69) is 5.32 Å². The molecule has 1 N–H and O–H groups in total. The van der Waals surface area contributed by atoms with Gasteiger partial charge in [-0.1, -0.05) is 13.0 Å². The van der Waals surface area contributed by atoms with Crippen molar-refractivity contribution in [2.75, 3.05) is 18.0 Å². The molecule has 0 spiro atoms. The van der Waals surface area contributed by atoms with E-state index < -0.39 is 18.5 Å². The third-order valence-corrected chi connectivity index (χ3v) is 3.11. The summed E-state index contributed by atoms with van der Waals surface area (Å²) in [5.74, 6) is -0.482. The van der Waals surface area contributed by atoms with Crippen LogP contribution in [-0.2, 0) is 6.54 Å². The van der Waals surface area contributed by atoms with Gasteiger partial charge in [0.05, 0.1) is 0 Å². The van der Waals surface area contributed by atoms with Gasteiger partial charge in [-0.3, -0.25) is 0 Å². The normalized spacial score (nSPS) is 12.0. The summed E-state index contributed by atoms with van der Waals surface area (Å²) in [6.07, 6.45) is -3.45. The average molecular weight is 306 g/mol. The summed E-state index contributed by atoms with van der Waals surface area (Å²) >= 11 is 0. The molecule has 0 aromatic heterocycles. The minimum atomic E-state index is -4.33. The van der Waals surface area contributed by atoms with Crippen LogP contribution < -0.4 is 10.2 Å². The van der Waals surface area contributed by atoms with E-state index >= 15 is 0 Å². The molecule has 0 aliphatic carbocycles. The van der Waals surface area contributed by atoms with Gasteiger partial charge in [0.2, 0.25) is 0 Å². The summed E-state index contributed by atoms with van der Waals surface area (Å²) < 4.78 is 52.2. The topological polar surface area (TPSA) is 15.3 Å². The highest BCUT2D eigenvalue weighted by molar-refractivity contribution is 5.55. The first-order valence-electron chi connectivity index (χ1n) is 7.07. The quantitative estimate of drug-likeness (QED) is 0.602. The van der Waals surface area contributed by atoms with Crippen molar-refractivity contribution in [2.45, 2.75) is 46.0 Å². The first-order chi connectivity index (χ1) is 9.76. The standard InChI is InChI=1S/C15H22F4N2/c1-4-8-20-9-12-13(16)6-5-7-14(12)21(11(2)3)10-15(17,18)19/h5-7,11,20H,4,8-10H2,1-3H3. The number of halogens is 4. The Bertz CT molecular complexity index is 444. The fraction of sp³-hybridized carbons (Fsp3) is 0.600. The second-order valence-electron chi connectivity index (χ2n) is 5.25. The predicted octanol–water partition coefficient (Wildman–Crippen LogP) is 4.10. The van der Waals surface area contributed by atoms with Gasteiger partial charge in [-0.15, -0.1) is 0 Å². The van der Waals surface area contributed by atoms with Crippen LogP contribution in [-0.4, -0.2) is 25.3 Å². The summed E-state index contributed by atoms with van der Waals surface area (Å²) in [6.45, 7) is 5.12. The third kappa shape index (κ3) is 5.53. The van der Waals surface area contributed by atoms with Gasteiger partial charge in [-0.2, -0.15) is 13.2 Å². The molecule has 0 heterocycles. The maximum atomic E-state index is 14.0. The molecule has 0 bridgehead atoms. The van der Waals surface area contributed by atoms with Gasteiger partial charge >= 0.3 is 6.18 Å². The van der Waals surface area contributed by atoms with Crippen LogP contribution in [0.4, 0.5) is 23.2 Å². The van der Waals surface area contributed by atoms with Crippen molar-refractivity contribution in [2.24, 2.45) is 0 Å². The summed E-state index contributed by atoms with van der Waals surface area (Å²) in [5, 5.41) is 3.04. The molecule has 0 atom stereocenters. The summed E-state index contributed by atoms with van der Waals surface area (Å²) in [6, 6.07) is 3.88. The first kappa shape index (κ1) is 17.8. The van der Waals surface area contributed by atoms with E-state index in [-0.39, 0.29) is 18.2 Å². The number of alkyl halides is 3. The monoisotopic (exact) mass is 306 g/mol. The number of hydrogen-bond donors (Lipinski definition) is 1. The minimum Gasteiger partial charge on any atom is -0.360 e. The summed E-state index contributed by atoms with van der Waals surface area (Å²) in [5.41, 5.74) is 0.579. The fourth-order valence-electron chi connectivity index (χ4n) is 2.12. The van der Waals surface area contributed by atoms with Crippen LogP contribution in [0.2, 0.25) is 0 Å². The van der Waals surface area contributed by atoms with E-state index in [9.17, 15) is 17.6 Å². The number of benzene rings is 1. The molecule has 0 saturated carbocycles. The smallest absolute Gasteiger partial charge is 0.360 e. The van der Waals surface area contributed by atoms with Crippen LogP contribution >= 0.6 is 0 Å². The van der Waals surface area contributed by atoms with Crippen LogP contribution in [0.1, 0.15) is 32.8 Å². The van der Waals surface area contributed by atoms with Crippen molar-refractivity contribution in [3.63, 3.8) is 0 Å². The molecule has 1 aromatic rings. The van der Waals surface area contributed by atoms with Crippen molar-refractivity contribution in [3.05, 3.63) is 29.6 Å². The van der Waals surface area contributed by atoms with Gasteiger partial charge in [-0.05, 0) is 38.9 Å². The minimum absolute atomic E-state index is 0.219. The summed E-state index contributed by atoms with van der Waals surface area (Å²) in [7, 11) is 0. The average Bonchev–Trinajstić information content (AvgIpc) is 2.37. The molecule has 0 aliphatic heterocycles. The second kappa shape index (κ2) is 7.64. The lowest BCUT2D eigenvalue weighted by Gasteiger charge is -2.32. The molecule has 0 unspecified atom stereocenters. The Morgan fingerprint density at radius 1 is 1.24 bits per heavy atom. The number of rotatable bonds is 7. The molecule has 1 aromatic carbocycles. The third-order valence-electron chi connectivity index (χ3n) is 3.11. The van der Waals surface area contributed by atoms with Gasteiger partial charge in [0, 0.05) is 23.8 Å². The molecule has 0 amide bonds. The Labute approximate surface area is 123 Å². The number of nitrogens with one attached hydrogen (secondary N) is 1. The Hall–Kier alpha value is -1.30. The molecule has 0 fully saturated rings. The van der Waals surface area contributed by atoms with Gasteiger partial charge in [-0.25, -0.2) is 4.39 Å².